The number of alkyl carbamates (subject to hydrolysis) is 1. The Morgan fingerprint density at radius 3 is 2.63 bits per heavy atom. The van der Waals surface area contributed by atoms with Gasteiger partial charge in [-0.25, -0.2) is 14.6 Å². The third kappa shape index (κ3) is 10.0. The number of pyridine rings is 1. The lowest BCUT2D eigenvalue weighted by Crippen LogP contribution is -2.50. The van der Waals surface area contributed by atoms with Crippen LogP contribution in [0.15, 0.2) is 12.1 Å². The second-order valence-corrected chi connectivity index (χ2v) is 10.8. The summed E-state index contributed by atoms with van der Waals surface area (Å²) in [5.74, 6) is -0.0561. The predicted octanol–water partition coefficient (Wildman–Crippen LogP) is 3.86. The van der Waals surface area contributed by atoms with E-state index in [-0.39, 0.29) is 12.0 Å². The summed E-state index contributed by atoms with van der Waals surface area (Å²) < 4.78 is 10.5. The third-order valence-corrected chi connectivity index (χ3v) is 6.27. The lowest BCUT2D eigenvalue weighted by molar-refractivity contribution is -0.139. The van der Waals surface area contributed by atoms with Crippen LogP contribution in [0.5, 0.6) is 0 Å². The van der Waals surface area contributed by atoms with Gasteiger partial charge in [0, 0.05) is 38.0 Å². The Morgan fingerprint density at radius 1 is 1.23 bits per heavy atom. The molecule has 0 aromatic carbocycles. The zero-order chi connectivity index (χ0) is 26.1. The zero-order valence-corrected chi connectivity index (χ0v) is 22.3. The van der Waals surface area contributed by atoms with Crippen molar-refractivity contribution < 1.29 is 24.2 Å². The normalized spacial score (nSPS) is 14.7. The second-order valence-electron chi connectivity index (χ2n) is 10.8. The van der Waals surface area contributed by atoms with E-state index in [0.29, 0.717) is 19.7 Å². The lowest BCUT2D eigenvalue weighted by atomic mass is 9.93. The molecular weight excluding hydrogens is 448 g/mol. The van der Waals surface area contributed by atoms with Crippen molar-refractivity contribution in [3.05, 3.63) is 23.4 Å². The topological polar surface area (TPSA) is 113 Å². The van der Waals surface area contributed by atoms with E-state index in [0.717, 1.165) is 50.2 Å². The maximum Gasteiger partial charge on any atom is 0.408 e. The molecule has 1 unspecified atom stereocenters. The Kier molecular flexibility index (Phi) is 10.8. The Balaban J connectivity index is 1.95. The molecule has 0 radical (unpaired) electrons. The number of amides is 1. The number of ether oxygens (including phenoxy) is 2. The number of aliphatic carboxylic acids is 1. The number of nitrogens with one attached hydrogen (secondary N) is 2. The van der Waals surface area contributed by atoms with Gasteiger partial charge in [-0.15, -0.1) is 0 Å². The standard InChI is InChI=1S/C26H44N4O5/c1-25(2,3)35-24(33)29-21(23(31)32)13-16-30(17-18-34-6)26(4,5)14-7-10-20-12-11-19-9-8-15-27-22(19)28-20/h11-12,21H,7-10,13-18H2,1-6H3,(H,27,28)(H,29,33)(H,31,32). The van der Waals surface area contributed by atoms with Gasteiger partial charge in [0.25, 0.3) is 0 Å². The van der Waals surface area contributed by atoms with E-state index in [1.54, 1.807) is 27.9 Å². The summed E-state index contributed by atoms with van der Waals surface area (Å²) in [5, 5.41) is 15.5. The van der Waals surface area contributed by atoms with Crippen molar-refractivity contribution in [2.75, 3.05) is 38.7 Å². The fraction of sp³-hybridized carbons (Fsp3) is 0.731. The molecule has 198 valence electrons. The first-order valence-electron chi connectivity index (χ1n) is 12.6. The Labute approximate surface area is 210 Å². The summed E-state index contributed by atoms with van der Waals surface area (Å²) in [6, 6.07) is 3.28. The Morgan fingerprint density at radius 2 is 1.97 bits per heavy atom. The van der Waals surface area contributed by atoms with Gasteiger partial charge in [-0.2, -0.15) is 0 Å². The molecule has 3 N–H and O–H groups in total. The maximum absolute atomic E-state index is 12.1. The molecule has 0 saturated carbocycles. The summed E-state index contributed by atoms with van der Waals surface area (Å²) >= 11 is 0. The van der Waals surface area contributed by atoms with E-state index in [1.165, 1.54) is 5.56 Å². The lowest BCUT2D eigenvalue weighted by Gasteiger charge is -2.39. The molecule has 9 nitrogen and oxygen atoms in total. The van der Waals surface area contributed by atoms with Crippen LogP contribution in [0.2, 0.25) is 0 Å². The number of fused-ring (bicyclic) bond motifs is 1. The first kappa shape index (κ1) is 28.8. The molecule has 1 amide bonds. The molecule has 0 aliphatic carbocycles. The van der Waals surface area contributed by atoms with Gasteiger partial charge in [0.15, 0.2) is 0 Å². The number of methoxy groups -OCH3 is 1. The van der Waals surface area contributed by atoms with Crippen LogP contribution in [-0.2, 0) is 27.1 Å². The highest BCUT2D eigenvalue weighted by Gasteiger charge is 2.29. The molecule has 0 spiro atoms. The van der Waals surface area contributed by atoms with Gasteiger partial charge >= 0.3 is 12.1 Å². The van der Waals surface area contributed by atoms with Gasteiger partial charge < -0.3 is 25.2 Å². The highest BCUT2D eigenvalue weighted by molar-refractivity contribution is 5.80. The first-order valence-corrected chi connectivity index (χ1v) is 12.6. The summed E-state index contributed by atoms with van der Waals surface area (Å²) in [6.45, 7) is 12.3. The van der Waals surface area contributed by atoms with Crippen molar-refractivity contribution in [2.24, 2.45) is 0 Å². The van der Waals surface area contributed by atoms with Crippen LogP contribution in [-0.4, -0.2) is 77.6 Å². The number of carboxylic acids is 1. The number of carbonyl (C=O) groups is 2. The number of nitrogens with zero attached hydrogens (tertiary/aromatic N) is 2. The van der Waals surface area contributed by atoms with Gasteiger partial charge in [-0.05, 0) is 84.8 Å². The molecule has 2 heterocycles. The number of anilines is 1. The van der Waals surface area contributed by atoms with Crippen molar-refractivity contribution in [1.82, 2.24) is 15.2 Å². The zero-order valence-electron chi connectivity index (χ0n) is 22.3. The quantitative estimate of drug-likeness (QED) is 0.380. The Bertz CT molecular complexity index is 838. The number of aryl methyl sites for hydroxylation is 2. The van der Waals surface area contributed by atoms with Crippen LogP contribution in [0.25, 0.3) is 0 Å². The van der Waals surface area contributed by atoms with E-state index in [2.05, 4.69) is 41.5 Å². The molecule has 0 bridgehead atoms. The average Bonchev–Trinajstić information content (AvgIpc) is 2.76. The maximum atomic E-state index is 12.1. The smallest absolute Gasteiger partial charge is 0.408 e. The second kappa shape index (κ2) is 13.1. The van der Waals surface area contributed by atoms with Crippen LogP contribution in [0, 0.1) is 0 Å². The SMILES string of the molecule is COCCN(CCC(NC(=O)OC(C)(C)C)C(=O)O)C(C)(C)CCCc1ccc2c(n1)NCCC2. The van der Waals surface area contributed by atoms with Gasteiger partial charge in [-0.1, -0.05) is 6.07 Å². The van der Waals surface area contributed by atoms with E-state index >= 15 is 0 Å². The Hall–Kier alpha value is -2.39. The number of carboxylic acid groups (broad SMARTS) is 1. The molecule has 1 aromatic heterocycles. The number of hydrogen-bond acceptors (Lipinski definition) is 7. The third-order valence-electron chi connectivity index (χ3n) is 6.27. The number of hydrogen-bond donors (Lipinski definition) is 3. The number of rotatable bonds is 13. The van der Waals surface area contributed by atoms with Crippen LogP contribution < -0.4 is 10.6 Å². The highest BCUT2D eigenvalue weighted by Crippen LogP contribution is 2.24. The minimum atomic E-state index is -1.08. The van der Waals surface area contributed by atoms with E-state index in [9.17, 15) is 14.7 Å². The van der Waals surface area contributed by atoms with Gasteiger partial charge in [0.2, 0.25) is 0 Å². The van der Waals surface area contributed by atoms with Crippen molar-refractivity contribution in [3.63, 3.8) is 0 Å². The van der Waals surface area contributed by atoms with Crippen LogP contribution >= 0.6 is 0 Å². The van der Waals surface area contributed by atoms with E-state index in [1.807, 2.05) is 0 Å². The van der Waals surface area contributed by atoms with Crippen molar-refractivity contribution in [2.45, 2.75) is 90.3 Å². The summed E-state index contributed by atoms with van der Waals surface area (Å²) in [5.41, 5.74) is 1.51. The molecule has 0 fully saturated rings. The molecule has 9 heteroatoms. The molecule has 1 atom stereocenters. The molecule has 1 aromatic rings. The molecule has 2 rings (SSSR count). The largest absolute Gasteiger partial charge is 0.480 e. The molecule has 35 heavy (non-hydrogen) atoms. The fourth-order valence-corrected chi connectivity index (χ4v) is 4.28. The van der Waals surface area contributed by atoms with Crippen molar-refractivity contribution in [3.8, 4) is 0 Å². The molecular formula is C26H44N4O5. The summed E-state index contributed by atoms with van der Waals surface area (Å²) in [4.78, 5) is 30.9. The predicted molar refractivity (Wildman–Crippen MR) is 137 cm³/mol. The summed E-state index contributed by atoms with van der Waals surface area (Å²) in [7, 11) is 1.66. The van der Waals surface area contributed by atoms with Crippen LogP contribution in [0.3, 0.4) is 0 Å². The van der Waals surface area contributed by atoms with Crippen molar-refractivity contribution in [1.29, 1.82) is 0 Å². The molecule has 1 aliphatic heterocycles. The molecule has 0 saturated heterocycles. The highest BCUT2D eigenvalue weighted by atomic mass is 16.6. The summed E-state index contributed by atoms with van der Waals surface area (Å²) in [6.07, 6.45) is 4.53. The monoisotopic (exact) mass is 492 g/mol. The van der Waals surface area contributed by atoms with E-state index in [4.69, 9.17) is 14.5 Å². The number of aromatic nitrogens is 1. The minimum absolute atomic E-state index is 0.181. The fourth-order valence-electron chi connectivity index (χ4n) is 4.28. The van der Waals surface area contributed by atoms with Crippen molar-refractivity contribution >= 4 is 17.9 Å². The van der Waals surface area contributed by atoms with Crippen LogP contribution in [0.4, 0.5) is 10.6 Å². The van der Waals surface area contributed by atoms with Gasteiger partial charge in [0.1, 0.15) is 17.5 Å². The first-order chi connectivity index (χ1) is 16.4. The van der Waals surface area contributed by atoms with Gasteiger partial charge in [-0.3, -0.25) is 4.90 Å². The minimum Gasteiger partial charge on any atom is -0.480 e. The van der Waals surface area contributed by atoms with Crippen LogP contribution in [0.1, 0.15) is 71.6 Å². The average molecular weight is 493 g/mol. The number of carbonyl (C=O) groups excluding carboxylic acids is 1. The van der Waals surface area contributed by atoms with Gasteiger partial charge in [0.05, 0.1) is 6.61 Å². The molecule has 1 aliphatic rings. The van der Waals surface area contributed by atoms with E-state index < -0.39 is 23.7 Å².